The molecule has 0 saturated carbocycles. The molecule has 0 fully saturated rings. The fraction of sp³-hybridized carbons (Fsp3) is 0.200. The standard InChI is InChI=1S/C20H20FN3O3S/c1-11-17(19(25)23-14-7-5-13(21)6-8-14)18(24-20(28)22-11)12-4-9-15(26-2)16(10-12)27-3/h4-10,18H,1-3H3,(H,23,25)(H2,22,24,28)/t18-/m0/s1. The molecule has 0 aliphatic carbocycles. The third-order valence-corrected chi connectivity index (χ3v) is 4.58. The Bertz CT molecular complexity index is 944. The Morgan fingerprint density at radius 3 is 2.43 bits per heavy atom. The summed E-state index contributed by atoms with van der Waals surface area (Å²) < 4.78 is 23.8. The van der Waals surface area contributed by atoms with Gasteiger partial charge in [-0.2, -0.15) is 0 Å². The van der Waals surface area contributed by atoms with E-state index >= 15 is 0 Å². The van der Waals surface area contributed by atoms with Crippen LogP contribution in [0.1, 0.15) is 18.5 Å². The number of allylic oxidation sites excluding steroid dienone is 1. The van der Waals surface area contributed by atoms with Gasteiger partial charge in [-0.1, -0.05) is 6.07 Å². The normalized spacial score (nSPS) is 16.1. The van der Waals surface area contributed by atoms with Crippen molar-refractivity contribution in [3.8, 4) is 11.5 Å². The first kappa shape index (κ1) is 19.6. The highest BCUT2D eigenvalue weighted by Crippen LogP contribution is 2.34. The highest BCUT2D eigenvalue weighted by Gasteiger charge is 2.30. The fourth-order valence-electron chi connectivity index (χ4n) is 3.01. The van der Waals surface area contributed by atoms with Gasteiger partial charge in [-0.05, 0) is 61.1 Å². The van der Waals surface area contributed by atoms with E-state index in [9.17, 15) is 9.18 Å². The molecule has 6 nitrogen and oxygen atoms in total. The number of rotatable bonds is 5. The number of anilines is 1. The Morgan fingerprint density at radius 1 is 1.11 bits per heavy atom. The van der Waals surface area contributed by atoms with Crippen LogP contribution >= 0.6 is 12.2 Å². The molecule has 0 aromatic heterocycles. The zero-order valence-electron chi connectivity index (χ0n) is 15.6. The van der Waals surface area contributed by atoms with Crippen molar-refractivity contribution in [3.63, 3.8) is 0 Å². The monoisotopic (exact) mass is 401 g/mol. The molecule has 1 atom stereocenters. The van der Waals surface area contributed by atoms with Crippen LogP contribution in [0, 0.1) is 5.82 Å². The Kier molecular flexibility index (Phi) is 5.79. The number of halogens is 1. The summed E-state index contributed by atoms with van der Waals surface area (Å²) in [6.07, 6.45) is 0. The second kappa shape index (κ2) is 8.26. The molecule has 0 saturated heterocycles. The fourth-order valence-corrected chi connectivity index (χ4v) is 3.28. The Hall–Kier alpha value is -3.13. The Labute approximate surface area is 167 Å². The van der Waals surface area contributed by atoms with Crippen LogP contribution in [-0.4, -0.2) is 25.2 Å². The van der Waals surface area contributed by atoms with Gasteiger partial charge in [0.25, 0.3) is 5.91 Å². The first-order valence-electron chi connectivity index (χ1n) is 8.50. The molecule has 3 rings (SSSR count). The van der Waals surface area contributed by atoms with Crippen LogP contribution in [0.3, 0.4) is 0 Å². The van der Waals surface area contributed by atoms with Crippen LogP contribution < -0.4 is 25.4 Å². The minimum Gasteiger partial charge on any atom is -0.493 e. The molecule has 0 bridgehead atoms. The molecule has 0 spiro atoms. The van der Waals surface area contributed by atoms with Crippen LogP contribution in [0.2, 0.25) is 0 Å². The average Bonchev–Trinajstić information content (AvgIpc) is 2.68. The van der Waals surface area contributed by atoms with Crippen LogP contribution in [0.5, 0.6) is 11.5 Å². The number of methoxy groups -OCH3 is 2. The number of nitrogens with one attached hydrogen (secondary N) is 3. The zero-order valence-corrected chi connectivity index (χ0v) is 16.4. The van der Waals surface area contributed by atoms with E-state index in [-0.39, 0.29) is 11.7 Å². The lowest BCUT2D eigenvalue weighted by Gasteiger charge is -2.30. The molecule has 1 heterocycles. The van der Waals surface area contributed by atoms with Crippen molar-refractivity contribution in [2.75, 3.05) is 19.5 Å². The first-order valence-corrected chi connectivity index (χ1v) is 8.91. The second-order valence-electron chi connectivity index (χ2n) is 6.15. The van der Waals surface area contributed by atoms with Crippen molar-refractivity contribution in [1.82, 2.24) is 10.6 Å². The largest absolute Gasteiger partial charge is 0.493 e. The first-order chi connectivity index (χ1) is 13.4. The van der Waals surface area contributed by atoms with Gasteiger partial charge in [-0.3, -0.25) is 4.79 Å². The van der Waals surface area contributed by atoms with Crippen molar-refractivity contribution >= 4 is 28.9 Å². The number of carbonyl (C=O) groups is 1. The van der Waals surface area contributed by atoms with Gasteiger partial charge in [0.15, 0.2) is 16.6 Å². The van der Waals surface area contributed by atoms with Gasteiger partial charge in [0.1, 0.15) is 5.82 Å². The van der Waals surface area contributed by atoms with Crippen LogP contribution in [0.15, 0.2) is 53.7 Å². The maximum Gasteiger partial charge on any atom is 0.255 e. The van der Waals surface area contributed by atoms with Gasteiger partial charge in [0.2, 0.25) is 0 Å². The number of carbonyl (C=O) groups excluding carboxylic acids is 1. The Morgan fingerprint density at radius 2 is 1.79 bits per heavy atom. The maximum atomic E-state index is 13.1. The quantitative estimate of drug-likeness (QED) is 0.668. The van der Waals surface area contributed by atoms with Crippen molar-refractivity contribution in [3.05, 3.63) is 65.1 Å². The summed E-state index contributed by atoms with van der Waals surface area (Å²) in [4.78, 5) is 13.0. The van der Waals surface area contributed by atoms with Crippen molar-refractivity contribution in [2.24, 2.45) is 0 Å². The number of benzene rings is 2. The van der Waals surface area contributed by atoms with Crippen molar-refractivity contribution < 1.29 is 18.7 Å². The molecule has 1 aliphatic rings. The van der Waals surface area contributed by atoms with E-state index in [1.54, 1.807) is 33.3 Å². The predicted molar refractivity (Wildman–Crippen MR) is 109 cm³/mol. The molecule has 1 amide bonds. The summed E-state index contributed by atoms with van der Waals surface area (Å²) >= 11 is 5.27. The summed E-state index contributed by atoms with van der Waals surface area (Å²) in [5, 5.41) is 9.31. The molecular formula is C20H20FN3O3S. The molecule has 3 N–H and O–H groups in total. The molecule has 28 heavy (non-hydrogen) atoms. The molecule has 0 unspecified atom stereocenters. The van der Waals surface area contributed by atoms with Gasteiger partial charge < -0.3 is 25.4 Å². The number of ether oxygens (including phenoxy) is 2. The molecule has 0 radical (unpaired) electrons. The van der Waals surface area contributed by atoms with Crippen molar-refractivity contribution in [2.45, 2.75) is 13.0 Å². The highest BCUT2D eigenvalue weighted by molar-refractivity contribution is 7.80. The average molecular weight is 401 g/mol. The number of hydrogen-bond donors (Lipinski definition) is 3. The van der Waals surface area contributed by atoms with Gasteiger partial charge in [-0.25, -0.2) is 4.39 Å². The predicted octanol–water partition coefficient (Wildman–Crippen LogP) is 3.27. The van der Waals surface area contributed by atoms with Crippen molar-refractivity contribution in [1.29, 1.82) is 0 Å². The molecular weight excluding hydrogens is 381 g/mol. The molecule has 146 valence electrons. The number of hydrogen-bond acceptors (Lipinski definition) is 4. The minimum atomic E-state index is -0.492. The molecule has 2 aromatic rings. The van der Waals surface area contributed by atoms with E-state index in [4.69, 9.17) is 21.7 Å². The van der Waals surface area contributed by atoms with Gasteiger partial charge in [-0.15, -0.1) is 0 Å². The summed E-state index contributed by atoms with van der Waals surface area (Å²) in [6, 6.07) is 10.5. The topological polar surface area (TPSA) is 71.6 Å². The lowest BCUT2D eigenvalue weighted by atomic mass is 9.94. The summed E-state index contributed by atoms with van der Waals surface area (Å²) in [5.74, 6) is 0.428. The Balaban J connectivity index is 1.96. The van der Waals surface area contributed by atoms with Crippen LogP contribution in [0.25, 0.3) is 0 Å². The summed E-state index contributed by atoms with van der Waals surface area (Å²) in [6.45, 7) is 1.78. The lowest BCUT2D eigenvalue weighted by molar-refractivity contribution is -0.113. The third kappa shape index (κ3) is 4.07. The molecule has 2 aromatic carbocycles. The maximum absolute atomic E-state index is 13.1. The van der Waals surface area contributed by atoms with E-state index in [2.05, 4.69) is 16.0 Å². The molecule has 8 heteroatoms. The van der Waals surface area contributed by atoms with E-state index < -0.39 is 6.04 Å². The smallest absolute Gasteiger partial charge is 0.255 e. The van der Waals surface area contributed by atoms with Gasteiger partial charge in [0, 0.05) is 11.4 Å². The lowest BCUT2D eigenvalue weighted by Crippen LogP contribution is -2.45. The highest BCUT2D eigenvalue weighted by atomic mass is 32.1. The van der Waals surface area contributed by atoms with E-state index in [0.717, 1.165) is 5.56 Å². The van der Waals surface area contributed by atoms with Gasteiger partial charge in [0.05, 0.1) is 25.8 Å². The minimum absolute atomic E-state index is 0.327. The summed E-state index contributed by atoms with van der Waals surface area (Å²) in [7, 11) is 3.10. The van der Waals surface area contributed by atoms with E-state index in [1.165, 1.54) is 24.3 Å². The molecule has 1 aliphatic heterocycles. The van der Waals surface area contributed by atoms with E-state index in [1.807, 2.05) is 6.07 Å². The number of thiocarbonyl (C=S) groups is 1. The van der Waals surface area contributed by atoms with Gasteiger partial charge >= 0.3 is 0 Å². The van der Waals surface area contributed by atoms with Crippen LogP contribution in [0.4, 0.5) is 10.1 Å². The SMILES string of the molecule is COc1ccc([C@@H]2NC(=S)NC(C)=C2C(=O)Nc2ccc(F)cc2)cc1OC. The van der Waals surface area contributed by atoms with E-state index in [0.29, 0.717) is 33.6 Å². The zero-order chi connectivity index (χ0) is 20.3. The second-order valence-corrected chi connectivity index (χ2v) is 6.55. The van der Waals surface area contributed by atoms with Crippen LogP contribution in [-0.2, 0) is 4.79 Å². The third-order valence-electron chi connectivity index (χ3n) is 4.36. The summed E-state index contributed by atoms with van der Waals surface area (Å²) in [5.41, 5.74) is 2.37. The number of amides is 1.